The average molecular weight is 290 g/mol. The summed E-state index contributed by atoms with van der Waals surface area (Å²) >= 11 is 0. The second kappa shape index (κ2) is 5.56. The van der Waals surface area contributed by atoms with E-state index in [1.54, 1.807) is 26.4 Å². The van der Waals surface area contributed by atoms with Gasteiger partial charge in [-0.05, 0) is 37.8 Å². The third-order valence-corrected chi connectivity index (χ3v) is 4.64. The topological polar surface area (TPSA) is 64.8 Å². The molecule has 2 N–H and O–H groups in total. The summed E-state index contributed by atoms with van der Waals surface area (Å²) in [6.45, 7) is 0. The van der Waals surface area contributed by atoms with Crippen molar-refractivity contribution in [1.82, 2.24) is 4.90 Å². The quantitative estimate of drug-likeness (QED) is 0.922. The number of carbonyl (C=O) groups excluding carboxylic acids is 1. The fourth-order valence-electron chi connectivity index (χ4n) is 3.75. The molecule has 3 rings (SSSR count). The van der Waals surface area contributed by atoms with Crippen LogP contribution in [0.15, 0.2) is 18.2 Å². The lowest BCUT2D eigenvalue weighted by Crippen LogP contribution is -2.50. The Morgan fingerprint density at radius 1 is 1.19 bits per heavy atom. The van der Waals surface area contributed by atoms with Crippen molar-refractivity contribution in [2.75, 3.05) is 14.2 Å². The molecule has 2 aliphatic heterocycles. The summed E-state index contributed by atoms with van der Waals surface area (Å²) in [6, 6.07) is 6.18. The number of amides is 1. The van der Waals surface area contributed by atoms with Crippen molar-refractivity contribution >= 4 is 5.91 Å². The van der Waals surface area contributed by atoms with E-state index in [0.717, 1.165) is 25.7 Å². The van der Waals surface area contributed by atoms with Gasteiger partial charge in [0.2, 0.25) is 0 Å². The van der Waals surface area contributed by atoms with Crippen molar-refractivity contribution in [3.05, 3.63) is 23.8 Å². The highest BCUT2D eigenvalue weighted by atomic mass is 16.5. The number of piperidine rings is 1. The van der Waals surface area contributed by atoms with Crippen molar-refractivity contribution in [2.45, 2.75) is 43.8 Å². The number of methoxy groups -OCH3 is 2. The highest BCUT2D eigenvalue weighted by Crippen LogP contribution is 2.39. The zero-order valence-electron chi connectivity index (χ0n) is 12.5. The van der Waals surface area contributed by atoms with Crippen LogP contribution < -0.4 is 15.2 Å². The van der Waals surface area contributed by atoms with Crippen LogP contribution in [0, 0.1) is 0 Å². The lowest BCUT2D eigenvalue weighted by atomic mass is 9.97. The van der Waals surface area contributed by atoms with Gasteiger partial charge in [-0.3, -0.25) is 4.79 Å². The number of benzene rings is 1. The first-order chi connectivity index (χ1) is 10.2. The number of nitrogens with two attached hydrogens (primary N) is 1. The second-order valence-corrected chi connectivity index (χ2v) is 5.87. The second-order valence-electron chi connectivity index (χ2n) is 5.87. The van der Waals surface area contributed by atoms with Gasteiger partial charge in [0.1, 0.15) is 0 Å². The van der Waals surface area contributed by atoms with Gasteiger partial charge in [-0.1, -0.05) is 6.07 Å². The summed E-state index contributed by atoms with van der Waals surface area (Å²) in [7, 11) is 3.14. The molecule has 114 valence electrons. The standard InChI is InChI=1S/C16H22N2O3/c1-20-14-5-3-4-13(15(14)21-2)16(19)18-11-6-7-12(18)9-10(17)8-11/h3-5,10-12H,6-9,17H2,1-2H3. The Balaban J connectivity index is 1.93. The van der Waals surface area contributed by atoms with Gasteiger partial charge in [0.15, 0.2) is 11.5 Å². The third kappa shape index (κ3) is 2.35. The lowest BCUT2D eigenvalue weighted by Gasteiger charge is -2.38. The van der Waals surface area contributed by atoms with E-state index in [1.165, 1.54) is 0 Å². The molecule has 5 heteroatoms. The fraction of sp³-hybridized carbons (Fsp3) is 0.562. The number of carbonyl (C=O) groups is 1. The monoisotopic (exact) mass is 290 g/mol. The molecule has 0 aliphatic carbocycles. The maximum Gasteiger partial charge on any atom is 0.258 e. The summed E-state index contributed by atoms with van der Waals surface area (Å²) in [5, 5.41) is 0. The Labute approximate surface area is 125 Å². The summed E-state index contributed by atoms with van der Waals surface area (Å²) in [6.07, 6.45) is 3.90. The van der Waals surface area contributed by atoms with Crippen molar-refractivity contribution in [1.29, 1.82) is 0 Å². The Morgan fingerprint density at radius 3 is 2.43 bits per heavy atom. The molecule has 0 saturated carbocycles. The van der Waals surface area contributed by atoms with Gasteiger partial charge in [0, 0.05) is 18.1 Å². The molecule has 21 heavy (non-hydrogen) atoms. The molecule has 1 aromatic rings. The molecular weight excluding hydrogens is 268 g/mol. The predicted octanol–water partition coefficient (Wildman–Crippen LogP) is 1.80. The van der Waals surface area contributed by atoms with Crippen molar-refractivity contribution in [3.8, 4) is 11.5 Å². The van der Waals surface area contributed by atoms with Gasteiger partial charge in [-0.15, -0.1) is 0 Å². The number of rotatable bonds is 3. The molecule has 1 aromatic carbocycles. The Kier molecular flexibility index (Phi) is 3.76. The van der Waals surface area contributed by atoms with Crippen molar-refractivity contribution in [3.63, 3.8) is 0 Å². The maximum atomic E-state index is 13.0. The largest absolute Gasteiger partial charge is 0.493 e. The van der Waals surface area contributed by atoms with Gasteiger partial charge < -0.3 is 20.1 Å². The normalized spacial score (nSPS) is 27.6. The highest BCUT2D eigenvalue weighted by Gasteiger charge is 2.43. The molecule has 2 saturated heterocycles. The molecule has 2 atom stereocenters. The third-order valence-electron chi connectivity index (χ3n) is 4.64. The Hall–Kier alpha value is -1.75. The molecule has 2 bridgehead atoms. The number of hydrogen-bond donors (Lipinski definition) is 1. The molecular formula is C16H22N2O3. The van der Waals surface area contributed by atoms with Crippen LogP contribution in [0.4, 0.5) is 0 Å². The van der Waals surface area contributed by atoms with Gasteiger partial charge >= 0.3 is 0 Å². The molecule has 2 unspecified atom stereocenters. The van der Waals surface area contributed by atoms with Crippen LogP contribution in [-0.2, 0) is 0 Å². The number of nitrogens with zero attached hydrogens (tertiary/aromatic N) is 1. The first kappa shape index (κ1) is 14.2. The van der Waals surface area contributed by atoms with Crippen LogP contribution in [0.3, 0.4) is 0 Å². The van der Waals surface area contributed by atoms with Gasteiger partial charge in [0.25, 0.3) is 5.91 Å². The van der Waals surface area contributed by atoms with Gasteiger partial charge in [-0.25, -0.2) is 0 Å². The number of ether oxygens (including phenoxy) is 2. The molecule has 2 aliphatic rings. The van der Waals surface area contributed by atoms with Crippen LogP contribution in [-0.4, -0.2) is 43.2 Å². The molecule has 0 spiro atoms. The van der Waals surface area contributed by atoms with E-state index in [0.29, 0.717) is 17.1 Å². The molecule has 0 aromatic heterocycles. The first-order valence-electron chi connectivity index (χ1n) is 7.45. The molecule has 5 nitrogen and oxygen atoms in total. The van der Waals surface area contributed by atoms with Crippen LogP contribution in [0.5, 0.6) is 11.5 Å². The molecule has 0 radical (unpaired) electrons. The SMILES string of the molecule is COc1cccc(C(=O)N2C3CCC2CC(N)C3)c1OC. The number of para-hydroxylation sites is 1. The summed E-state index contributed by atoms with van der Waals surface area (Å²) < 4.78 is 10.7. The van der Waals surface area contributed by atoms with E-state index in [4.69, 9.17) is 15.2 Å². The molecule has 2 fully saturated rings. The van der Waals surface area contributed by atoms with E-state index < -0.39 is 0 Å². The predicted molar refractivity (Wildman–Crippen MR) is 79.7 cm³/mol. The van der Waals surface area contributed by atoms with Crippen molar-refractivity contribution < 1.29 is 14.3 Å². The molecule has 1 amide bonds. The van der Waals surface area contributed by atoms with E-state index >= 15 is 0 Å². The van der Waals surface area contributed by atoms with E-state index in [2.05, 4.69) is 0 Å². The van der Waals surface area contributed by atoms with E-state index in [9.17, 15) is 4.79 Å². The summed E-state index contributed by atoms with van der Waals surface area (Å²) in [5.41, 5.74) is 6.65. The van der Waals surface area contributed by atoms with Crippen LogP contribution in [0.1, 0.15) is 36.0 Å². The minimum Gasteiger partial charge on any atom is -0.493 e. The van der Waals surface area contributed by atoms with Crippen molar-refractivity contribution in [2.24, 2.45) is 5.73 Å². The Bertz CT molecular complexity index is 532. The Morgan fingerprint density at radius 2 is 1.86 bits per heavy atom. The van der Waals surface area contributed by atoms with Gasteiger partial charge in [0.05, 0.1) is 19.8 Å². The average Bonchev–Trinajstić information content (AvgIpc) is 2.77. The number of hydrogen-bond acceptors (Lipinski definition) is 4. The fourth-order valence-corrected chi connectivity index (χ4v) is 3.75. The van der Waals surface area contributed by atoms with Gasteiger partial charge in [-0.2, -0.15) is 0 Å². The van der Waals surface area contributed by atoms with Crippen LogP contribution in [0.25, 0.3) is 0 Å². The molecule has 2 heterocycles. The van der Waals surface area contributed by atoms with E-state index in [-0.39, 0.29) is 24.0 Å². The minimum absolute atomic E-state index is 0.0325. The smallest absolute Gasteiger partial charge is 0.258 e. The number of fused-ring (bicyclic) bond motifs is 2. The minimum atomic E-state index is 0.0325. The zero-order chi connectivity index (χ0) is 15.0. The lowest BCUT2D eigenvalue weighted by molar-refractivity contribution is 0.0571. The summed E-state index contributed by atoms with van der Waals surface area (Å²) in [5.74, 6) is 1.13. The van der Waals surface area contributed by atoms with E-state index in [1.807, 2.05) is 11.0 Å². The van der Waals surface area contributed by atoms with Crippen LogP contribution in [0.2, 0.25) is 0 Å². The highest BCUT2D eigenvalue weighted by molar-refractivity contribution is 5.98. The van der Waals surface area contributed by atoms with Crippen LogP contribution >= 0.6 is 0 Å². The maximum absolute atomic E-state index is 13.0. The first-order valence-corrected chi connectivity index (χ1v) is 7.45. The zero-order valence-corrected chi connectivity index (χ0v) is 12.5. The summed E-state index contributed by atoms with van der Waals surface area (Å²) in [4.78, 5) is 15.0.